The monoisotopic (exact) mass is 333 g/mol. The fraction of sp³-hybridized carbons (Fsp3) is 0.588. The number of hydrogen-bond donors (Lipinski definition) is 2. The van der Waals surface area contributed by atoms with Crippen molar-refractivity contribution in [1.29, 1.82) is 0 Å². The first-order chi connectivity index (χ1) is 9.73. The second kappa shape index (κ2) is 14.8. The molecule has 0 aromatic heterocycles. The van der Waals surface area contributed by atoms with Crippen molar-refractivity contribution in [3.63, 3.8) is 0 Å². The molecule has 2 N–H and O–H groups in total. The first-order valence-electron chi connectivity index (χ1n) is 7.41. The summed E-state index contributed by atoms with van der Waals surface area (Å²) < 4.78 is 0. The lowest BCUT2D eigenvalue weighted by Gasteiger charge is -2.09. The van der Waals surface area contributed by atoms with Gasteiger partial charge >= 0.3 is 5.97 Å². The molecule has 1 unspecified atom stereocenters. The van der Waals surface area contributed by atoms with Crippen molar-refractivity contribution in [1.82, 2.24) is 5.06 Å². The van der Waals surface area contributed by atoms with Crippen molar-refractivity contribution in [3.8, 4) is 0 Å². The first kappa shape index (κ1) is 25.8. The van der Waals surface area contributed by atoms with Gasteiger partial charge in [0.25, 0.3) is 0 Å². The minimum atomic E-state index is -0.772. The molecule has 0 bridgehead atoms. The Bertz CT molecular complexity index is 375. The number of carboxylic acid groups (broad SMARTS) is 1. The third-order valence-electron chi connectivity index (χ3n) is 2.49. The maximum atomic E-state index is 10.8. The van der Waals surface area contributed by atoms with Gasteiger partial charge in [-0.2, -0.15) is 5.06 Å². The van der Waals surface area contributed by atoms with Gasteiger partial charge in [-0.05, 0) is 30.4 Å². The summed E-state index contributed by atoms with van der Waals surface area (Å²) in [6.07, 6.45) is 1.04. The van der Waals surface area contributed by atoms with Crippen molar-refractivity contribution in [3.05, 3.63) is 35.4 Å². The number of hydroxylamine groups is 2. The quantitative estimate of drug-likeness (QED) is 0.799. The molecule has 4 nitrogen and oxygen atoms in total. The van der Waals surface area contributed by atoms with E-state index in [1.165, 1.54) is 5.56 Å². The average molecular weight is 334 g/mol. The number of benzene rings is 1. The number of hydrogen-bond acceptors (Lipinski definition) is 3. The van der Waals surface area contributed by atoms with Crippen molar-refractivity contribution < 1.29 is 15.1 Å². The van der Waals surface area contributed by atoms with Crippen LogP contribution < -0.4 is 0 Å². The summed E-state index contributed by atoms with van der Waals surface area (Å²) >= 11 is 0. The predicted molar refractivity (Wildman–Crippen MR) is 95.1 cm³/mol. The molecule has 0 aliphatic heterocycles. The van der Waals surface area contributed by atoms with Gasteiger partial charge in [-0.1, -0.05) is 52.0 Å². The zero-order valence-electron chi connectivity index (χ0n) is 14.8. The lowest BCUT2D eigenvalue weighted by atomic mass is 9.97. The fourth-order valence-electron chi connectivity index (χ4n) is 1.56. The Labute approximate surface area is 141 Å². The molecule has 0 aliphatic carbocycles. The van der Waals surface area contributed by atoms with Crippen LogP contribution >= 0.6 is 12.4 Å². The van der Waals surface area contributed by atoms with Gasteiger partial charge < -0.3 is 10.3 Å². The van der Waals surface area contributed by atoms with Crippen molar-refractivity contribution in [2.75, 3.05) is 14.1 Å². The summed E-state index contributed by atoms with van der Waals surface area (Å²) in [5.41, 5.74) is 2.14. The third-order valence-corrected chi connectivity index (χ3v) is 2.49. The van der Waals surface area contributed by atoms with Crippen LogP contribution in [-0.2, 0) is 11.2 Å². The molecule has 5 heteroatoms. The summed E-state index contributed by atoms with van der Waals surface area (Å²) in [6.45, 7) is 10.1. The van der Waals surface area contributed by atoms with Crippen molar-refractivity contribution in [2.45, 2.75) is 47.0 Å². The van der Waals surface area contributed by atoms with E-state index in [2.05, 4.69) is 13.8 Å². The Morgan fingerprint density at radius 1 is 1.09 bits per heavy atom. The maximum Gasteiger partial charge on any atom is 0.310 e. The zero-order chi connectivity index (χ0) is 17.0. The molecule has 1 aromatic rings. The average Bonchev–Trinajstić information content (AvgIpc) is 2.39. The van der Waals surface area contributed by atoms with E-state index in [0.717, 1.165) is 17.0 Å². The van der Waals surface area contributed by atoms with E-state index in [-0.39, 0.29) is 12.4 Å². The highest BCUT2D eigenvalue weighted by Crippen LogP contribution is 2.17. The van der Waals surface area contributed by atoms with E-state index in [0.29, 0.717) is 5.92 Å². The number of rotatable bonds is 4. The summed E-state index contributed by atoms with van der Waals surface area (Å²) in [4.78, 5) is 10.8. The number of carbonyl (C=O) groups is 1. The predicted octanol–water partition coefficient (Wildman–Crippen LogP) is 4.46. The van der Waals surface area contributed by atoms with Crippen molar-refractivity contribution in [2.24, 2.45) is 5.92 Å². The van der Waals surface area contributed by atoms with Gasteiger partial charge in [0.05, 0.1) is 5.92 Å². The van der Waals surface area contributed by atoms with E-state index >= 15 is 0 Å². The molecule has 1 aromatic carbocycles. The van der Waals surface area contributed by atoms with Crippen LogP contribution in [0.5, 0.6) is 0 Å². The molecule has 1 rings (SSSR count). The van der Waals surface area contributed by atoms with Crippen LogP contribution in [0.15, 0.2) is 24.3 Å². The van der Waals surface area contributed by atoms with Crippen LogP contribution in [-0.4, -0.2) is 35.4 Å². The Hall–Kier alpha value is -1.10. The van der Waals surface area contributed by atoms with Crippen LogP contribution in [0.1, 0.15) is 51.7 Å². The highest BCUT2D eigenvalue weighted by molar-refractivity contribution is 5.85. The van der Waals surface area contributed by atoms with Gasteiger partial charge in [0.2, 0.25) is 0 Å². The molecule has 1 atom stereocenters. The topological polar surface area (TPSA) is 60.8 Å². The minimum absolute atomic E-state index is 0. The van der Waals surface area contributed by atoms with Crippen LogP contribution in [0, 0.1) is 5.92 Å². The maximum absolute atomic E-state index is 10.8. The van der Waals surface area contributed by atoms with E-state index in [4.69, 9.17) is 10.3 Å². The molecule has 0 heterocycles. The Kier molecular flexibility index (Phi) is 17.4. The van der Waals surface area contributed by atoms with E-state index < -0.39 is 11.9 Å². The van der Waals surface area contributed by atoms with Crippen LogP contribution in [0.2, 0.25) is 0 Å². The SMILES string of the molecule is CC.CC(C)Cc1ccc(C(C)C(=O)O)cc1.CN(C)O.Cl. The Balaban J connectivity index is -0.000000448. The Morgan fingerprint density at radius 3 is 1.73 bits per heavy atom. The molecule has 0 amide bonds. The van der Waals surface area contributed by atoms with Crippen molar-refractivity contribution >= 4 is 18.4 Å². The highest BCUT2D eigenvalue weighted by atomic mass is 35.5. The molecular weight excluding hydrogens is 302 g/mol. The third kappa shape index (κ3) is 13.9. The Morgan fingerprint density at radius 2 is 1.45 bits per heavy atom. The molecular formula is C17H32ClNO3. The fourth-order valence-corrected chi connectivity index (χ4v) is 1.56. The van der Waals surface area contributed by atoms with Crippen LogP contribution in [0.3, 0.4) is 0 Å². The largest absolute Gasteiger partial charge is 0.481 e. The summed E-state index contributed by atoms with van der Waals surface area (Å²) in [5, 5.41) is 17.7. The van der Waals surface area contributed by atoms with Gasteiger partial charge in [-0.3, -0.25) is 4.79 Å². The van der Waals surface area contributed by atoms with Gasteiger partial charge in [-0.25, -0.2) is 0 Å². The molecule has 0 aliphatic rings. The molecule has 0 radical (unpaired) electrons. The van der Waals surface area contributed by atoms with E-state index in [9.17, 15) is 4.79 Å². The standard InChI is InChI=1S/C13H18O2.C2H7NO.C2H6.ClH/c1-9(2)8-11-4-6-12(7-5-11)10(3)13(14)15;1-3(2)4;1-2;/h4-7,9-10H,8H2,1-3H3,(H,14,15);4H,1-2H3;1-2H3;1H. The molecule has 0 fully saturated rings. The lowest BCUT2D eigenvalue weighted by Crippen LogP contribution is -2.07. The normalized spacial score (nSPS) is 10.6. The summed E-state index contributed by atoms with van der Waals surface area (Å²) in [6, 6.07) is 7.87. The van der Waals surface area contributed by atoms with Gasteiger partial charge in [0.15, 0.2) is 0 Å². The molecule has 0 saturated heterocycles. The smallest absolute Gasteiger partial charge is 0.310 e. The van der Waals surface area contributed by atoms with E-state index in [1.807, 2.05) is 38.1 Å². The zero-order valence-corrected chi connectivity index (χ0v) is 15.6. The van der Waals surface area contributed by atoms with Crippen LogP contribution in [0.25, 0.3) is 0 Å². The van der Waals surface area contributed by atoms with Gasteiger partial charge in [-0.15, -0.1) is 12.4 Å². The van der Waals surface area contributed by atoms with Gasteiger partial charge in [0, 0.05) is 14.1 Å². The molecule has 130 valence electrons. The van der Waals surface area contributed by atoms with Gasteiger partial charge in [0.1, 0.15) is 0 Å². The second-order valence-corrected chi connectivity index (χ2v) is 5.25. The summed E-state index contributed by atoms with van der Waals surface area (Å²) in [7, 11) is 3.11. The first-order valence-corrected chi connectivity index (χ1v) is 7.41. The molecule has 0 spiro atoms. The minimum Gasteiger partial charge on any atom is -0.481 e. The highest BCUT2D eigenvalue weighted by Gasteiger charge is 2.12. The van der Waals surface area contributed by atoms with E-state index in [1.54, 1.807) is 21.0 Å². The lowest BCUT2D eigenvalue weighted by molar-refractivity contribution is -0.138. The molecule has 0 saturated carbocycles. The van der Waals surface area contributed by atoms with Crippen LogP contribution in [0.4, 0.5) is 0 Å². The second-order valence-electron chi connectivity index (χ2n) is 5.25. The number of nitrogens with zero attached hydrogens (tertiary/aromatic N) is 1. The summed E-state index contributed by atoms with van der Waals surface area (Å²) in [5.74, 6) is -0.558. The number of carboxylic acids is 1. The number of halogens is 1. The molecule has 22 heavy (non-hydrogen) atoms. The number of aliphatic carboxylic acids is 1.